The maximum atomic E-state index is 15.9. The lowest BCUT2D eigenvalue weighted by Crippen LogP contribution is -2.50. The van der Waals surface area contributed by atoms with Gasteiger partial charge in [-0.3, -0.25) is 4.79 Å². The van der Waals surface area contributed by atoms with Gasteiger partial charge in [-0.2, -0.15) is 0 Å². The Morgan fingerprint density at radius 1 is 1.19 bits per heavy atom. The number of esters is 1. The molecule has 212 valence electrons. The van der Waals surface area contributed by atoms with Crippen LogP contribution in [0.2, 0.25) is 0 Å². The summed E-state index contributed by atoms with van der Waals surface area (Å²) in [6, 6.07) is 7.25. The van der Waals surface area contributed by atoms with Gasteiger partial charge in [0.05, 0.1) is 18.1 Å². The number of aryl methyl sites for hydroxylation is 3. The van der Waals surface area contributed by atoms with E-state index < -0.39 is 12.6 Å². The van der Waals surface area contributed by atoms with E-state index in [-0.39, 0.29) is 29.3 Å². The third-order valence-corrected chi connectivity index (χ3v) is 8.94. The molecule has 0 saturated heterocycles. The van der Waals surface area contributed by atoms with E-state index in [9.17, 15) is 9.59 Å². The van der Waals surface area contributed by atoms with Gasteiger partial charge in [-0.25, -0.2) is 4.79 Å². The van der Waals surface area contributed by atoms with Crippen molar-refractivity contribution in [1.82, 2.24) is 4.48 Å². The average Bonchev–Trinajstić information content (AvgIpc) is 3.38. The van der Waals surface area contributed by atoms with Crippen LogP contribution in [0.25, 0.3) is 23.1 Å². The molecule has 2 aliphatic heterocycles. The van der Waals surface area contributed by atoms with Crippen LogP contribution in [0.4, 0.5) is 8.63 Å². The third-order valence-electron chi connectivity index (χ3n) is 8.94. The number of nitrogens with zero attached hydrogens (tertiary/aromatic N) is 2. The number of halogens is 2. The Morgan fingerprint density at radius 3 is 2.79 bits per heavy atom. The minimum atomic E-state index is -4.12. The zero-order valence-corrected chi connectivity index (χ0v) is 23.8. The van der Waals surface area contributed by atoms with Crippen molar-refractivity contribution < 1.29 is 27.1 Å². The summed E-state index contributed by atoms with van der Waals surface area (Å²) >= 11 is 0. The second kappa shape index (κ2) is 9.28. The van der Waals surface area contributed by atoms with Crippen LogP contribution in [0.3, 0.4) is 0 Å². The molecule has 2 aliphatic carbocycles. The van der Waals surface area contributed by atoms with Gasteiger partial charge in [0.2, 0.25) is 0 Å². The van der Waals surface area contributed by atoms with Crippen LogP contribution >= 0.6 is 0 Å². The van der Waals surface area contributed by atoms with E-state index >= 15 is 8.63 Å². The molecule has 0 N–H and O–H groups in total. The lowest BCUT2D eigenvalue weighted by molar-refractivity contribution is -0.361. The van der Waals surface area contributed by atoms with Crippen molar-refractivity contribution in [3.63, 3.8) is 0 Å². The van der Waals surface area contributed by atoms with Crippen LogP contribution in [-0.2, 0) is 16.0 Å². The van der Waals surface area contributed by atoms with Crippen LogP contribution in [-0.4, -0.2) is 34.2 Å². The van der Waals surface area contributed by atoms with Crippen molar-refractivity contribution in [2.45, 2.75) is 40.5 Å². The van der Waals surface area contributed by atoms with E-state index in [1.165, 1.54) is 6.08 Å². The summed E-state index contributed by atoms with van der Waals surface area (Å²) in [5, 5.41) is 0.726. The topological polar surface area (TPSA) is 64.4 Å². The van der Waals surface area contributed by atoms with Crippen molar-refractivity contribution in [1.29, 1.82) is 0 Å². The van der Waals surface area contributed by atoms with Gasteiger partial charge >= 0.3 is 18.6 Å². The fourth-order valence-corrected chi connectivity index (χ4v) is 6.85. The highest BCUT2D eigenvalue weighted by Crippen LogP contribution is 2.50. The molecule has 42 heavy (non-hydrogen) atoms. The molecule has 3 atom stereocenters. The van der Waals surface area contributed by atoms with Gasteiger partial charge in [0.15, 0.2) is 11.4 Å². The summed E-state index contributed by atoms with van der Waals surface area (Å²) in [7, 11) is 0. The second-order valence-electron chi connectivity index (χ2n) is 11.6. The first-order valence-corrected chi connectivity index (χ1v) is 14.3. The molecule has 4 heterocycles. The van der Waals surface area contributed by atoms with Gasteiger partial charge in [-0.15, -0.1) is 0 Å². The van der Waals surface area contributed by atoms with Crippen molar-refractivity contribution in [2.24, 2.45) is 17.8 Å². The zero-order valence-electron chi connectivity index (χ0n) is 23.8. The molecule has 0 spiro atoms. The minimum Gasteiger partial charge on any atom is -0.466 e. The number of rotatable bonds is 4. The van der Waals surface area contributed by atoms with Crippen molar-refractivity contribution in [3.8, 4) is 11.8 Å². The number of aromatic nitrogens is 1. The van der Waals surface area contributed by atoms with Crippen molar-refractivity contribution in [2.75, 3.05) is 6.61 Å². The number of ether oxygens (including phenoxy) is 1. The van der Waals surface area contributed by atoms with Gasteiger partial charge in [0.1, 0.15) is 5.58 Å². The predicted molar refractivity (Wildman–Crippen MR) is 158 cm³/mol. The van der Waals surface area contributed by atoms with Gasteiger partial charge in [-0.05, 0) is 93.6 Å². The number of carbonyl (C=O) groups excluding carboxylic acids is 1. The molecule has 3 unspecified atom stereocenters. The van der Waals surface area contributed by atoms with Crippen LogP contribution in [0.5, 0.6) is 0 Å². The Hall–Kier alpha value is -4.45. The van der Waals surface area contributed by atoms with Gasteiger partial charge in [0.25, 0.3) is 0 Å². The number of allylic oxidation sites excluding steroid dienone is 3. The zero-order chi connectivity index (χ0) is 29.5. The van der Waals surface area contributed by atoms with Crippen LogP contribution in [0, 0.1) is 43.4 Å². The molecule has 9 heteroatoms. The SMILES string of the molecule is CCOC(=O)C1C2C#Cc3cc4oc(=O)c(C=CC5=[N+]6C(=Cc7c(C)cc(C)n7[B-]6(F)F)C(C)=C5)cc4cc3CCC21. The molecule has 7 rings (SSSR count). The monoisotopic (exact) mass is 566 g/mol. The van der Waals surface area contributed by atoms with E-state index in [1.54, 1.807) is 50.3 Å². The molecule has 4 aliphatic rings. The molecule has 0 radical (unpaired) electrons. The van der Waals surface area contributed by atoms with E-state index in [1.807, 2.05) is 19.9 Å². The Bertz CT molecular complexity index is 1980. The maximum absolute atomic E-state index is 15.9. The maximum Gasteiger partial charge on any atom is 0.737 e. The Morgan fingerprint density at radius 2 is 2.00 bits per heavy atom. The number of benzene rings is 1. The molecule has 1 aromatic carbocycles. The quantitative estimate of drug-likeness (QED) is 0.178. The first kappa shape index (κ1) is 26.5. The number of hydrogen-bond donors (Lipinski definition) is 0. The second-order valence-corrected chi connectivity index (χ2v) is 11.6. The third kappa shape index (κ3) is 3.96. The minimum absolute atomic E-state index is 0.000693. The largest absolute Gasteiger partial charge is 0.737 e. The summed E-state index contributed by atoms with van der Waals surface area (Å²) in [6.07, 6.45) is 8.17. The molecule has 2 aromatic heterocycles. The number of fused-ring (bicyclic) bond motifs is 5. The van der Waals surface area contributed by atoms with Gasteiger partial charge in [-0.1, -0.05) is 11.8 Å². The van der Waals surface area contributed by atoms with Gasteiger partial charge in [0, 0.05) is 46.4 Å². The molecular weight excluding hydrogens is 537 g/mol. The number of carbonyl (C=O) groups is 1. The standard InChI is InChI=1S/C33H29BF2N2O4/c1-5-41-33(40)31-26-10-7-21-14-24-15-23(32(39)42-30(24)16-22(21)8-11-27(26)31)6-9-25-13-19(3)29-17-28-18(2)12-20(4)37(28)34(35,36)38(25)29/h6,9,12-17,26-27,31H,5,7,10H2,1-4H3. The lowest BCUT2D eigenvalue weighted by Gasteiger charge is -2.30. The summed E-state index contributed by atoms with van der Waals surface area (Å²) in [5.74, 6) is 6.25. The van der Waals surface area contributed by atoms with Crippen molar-refractivity contribution in [3.05, 3.63) is 91.7 Å². The summed E-state index contributed by atoms with van der Waals surface area (Å²) in [4.78, 5) is 25.2. The Labute approximate surface area is 241 Å². The van der Waals surface area contributed by atoms with Crippen LogP contribution in [0.15, 0.2) is 56.9 Å². The van der Waals surface area contributed by atoms with Crippen molar-refractivity contribution >= 4 is 41.8 Å². The van der Waals surface area contributed by atoms with E-state index in [0.717, 1.165) is 49.5 Å². The fraction of sp³-hybridized carbons (Fsp3) is 0.303. The molecule has 6 nitrogen and oxygen atoms in total. The molecule has 3 aromatic rings. The van der Waals surface area contributed by atoms with E-state index in [4.69, 9.17) is 9.15 Å². The highest BCUT2D eigenvalue weighted by molar-refractivity contribution is 6.58. The van der Waals surface area contributed by atoms with Gasteiger partial charge < -0.3 is 26.7 Å². The smallest absolute Gasteiger partial charge is 0.466 e. The molecule has 1 saturated carbocycles. The molecular formula is C33H29BF2N2O4. The fourth-order valence-electron chi connectivity index (χ4n) is 6.85. The molecule has 0 amide bonds. The van der Waals surface area contributed by atoms with Crippen LogP contribution in [0.1, 0.15) is 53.9 Å². The summed E-state index contributed by atoms with van der Waals surface area (Å²) < 4.78 is 44.9. The van der Waals surface area contributed by atoms with Crippen LogP contribution < -0.4 is 5.63 Å². The van der Waals surface area contributed by atoms with E-state index in [0.29, 0.717) is 35.0 Å². The Balaban J connectivity index is 1.22. The first-order chi connectivity index (χ1) is 20.1. The highest BCUT2D eigenvalue weighted by atomic mass is 19.2. The predicted octanol–water partition coefficient (Wildman–Crippen LogP) is 5.64. The summed E-state index contributed by atoms with van der Waals surface area (Å²) in [5.41, 5.74) is 5.24. The molecule has 1 fully saturated rings. The summed E-state index contributed by atoms with van der Waals surface area (Å²) in [6.45, 7) is 3.37. The average molecular weight is 566 g/mol. The Kier molecular flexibility index (Phi) is 5.85. The van der Waals surface area contributed by atoms with E-state index in [2.05, 4.69) is 11.8 Å². The normalized spacial score (nSPS) is 23.1. The first-order valence-electron chi connectivity index (χ1n) is 14.3. The number of hydrogen-bond acceptors (Lipinski definition) is 4. The molecule has 0 bridgehead atoms. The highest BCUT2D eigenvalue weighted by Gasteiger charge is 2.55. The lowest BCUT2D eigenvalue weighted by atomic mass is 9.89.